The van der Waals surface area contributed by atoms with Gasteiger partial charge in [-0.1, -0.05) is 0 Å². The second kappa shape index (κ2) is 6.60. The minimum absolute atomic E-state index is 0.0804. The summed E-state index contributed by atoms with van der Waals surface area (Å²) >= 11 is -0.543. The van der Waals surface area contributed by atoms with E-state index in [0.29, 0.717) is 0 Å². The Morgan fingerprint density at radius 2 is 1.74 bits per heavy atom. The number of carboxylic acids is 1. The Kier molecular flexibility index (Phi) is 5.40. The first-order valence-corrected chi connectivity index (χ1v) is 13.9. The molecule has 0 bridgehead atoms. The van der Waals surface area contributed by atoms with Crippen LogP contribution in [0.25, 0.3) is 0 Å². The maximum absolute atomic E-state index is 10.6. The molecule has 2 rings (SSSR count). The van der Waals surface area contributed by atoms with Crippen LogP contribution in [0, 0.1) is 10.1 Å². The first kappa shape index (κ1) is 15.5. The fraction of sp³-hybridized carbons (Fsp3) is 0.364. The molecule has 1 aromatic carbocycles. The van der Waals surface area contributed by atoms with Gasteiger partial charge in [0.25, 0.3) is 5.69 Å². The zero-order valence-corrected chi connectivity index (χ0v) is 13.6. The van der Waals surface area contributed by atoms with Crippen molar-refractivity contribution in [1.82, 2.24) is 0 Å². The summed E-state index contributed by atoms with van der Waals surface area (Å²) in [6.45, 7) is -0.0804. The van der Waals surface area contributed by atoms with Crippen molar-refractivity contribution in [2.75, 3.05) is 6.79 Å². The molecule has 102 valence electrons. The molecular formula is C11H13NO6Sn. The van der Waals surface area contributed by atoms with Gasteiger partial charge in [-0.2, -0.15) is 0 Å². The summed E-state index contributed by atoms with van der Waals surface area (Å²) < 4.78 is 9.77. The van der Waals surface area contributed by atoms with Crippen LogP contribution in [0.15, 0.2) is 12.1 Å². The predicted octanol–water partition coefficient (Wildman–Crippen LogP) is 1.06. The molecule has 8 heteroatoms. The van der Waals surface area contributed by atoms with Crippen molar-refractivity contribution < 1.29 is 24.3 Å². The van der Waals surface area contributed by atoms with Crippen LogP contribution in [0.1, 0.15) is 10.4 Å². The van der Waals surface area contributed by atoms with E-state index in [1.165, 1.54) is 0 Å². The van der Waals surface area contributed by atoms with Gasteiger partial charge in [-0.15, -0.1) is 0 Å². The molecule has 0 aromatic heterocycles. The number of nitro groups is 1. The molecule has 0 saturated carbocycles. The van der Waals surface area contributed by atoms with Crippen molar-refractivity contribution in [2.45, 2.75) is 14.8 Å². The van der Waals surface area contributed by atoms with Crippen LogP contribution in [0.3, 0.4) is 0 Å². The van der Waals surface area contributed by atoms with Crippen LogP contribution in [0.5, 0.6) is 11.5 Å². The van der Waals surface area contributed by atoms with Gasteiger partial charge in [0.2, 0.25) is 6.79 Å². The summed E-state index contributed by atoms with van der Waals surface area (Å²) in [7, 11) is 0. The Hall–Kier alpha value is -1.51. The second-order valence-corrected chi connectivity index (χ2v) is 12.8. The molecule has 7 nitrogen and oxygen atoms in total. The van der Waals surface area contributed by atoms with E-state index in [9.17, 15) is 20.0 Å². The number of nitro benzene ring substituents is 1. The monoisotopic (exact) mass is 375 g/mol. The minimum atomic E-state index is -1.63. The van der Waals surface area contributed by atoms with Gasteiger partial charge in [-0.3, -0.25) is 10.1 Å². The summed E-state index contributed by atoms with van der Waals surface area (Å²) in [5.41, 5.74) is -1.09. The Morgan fingerprint density at radius 3 is 2.16 bits per heavy atom. The number of carbonyl (C=O) groups is 1. The van der Waals surface area contributed by atoms with Gasteiger partial charge in [-0.05, 0) is 0 Å². The third-order valence-electron chi connectivity index (χ3n) is 1.91. The number of ether oxygens (including phenoxy) is 2. The van der Waals surface area contributed by atoms with Crippen molar-refractivity contribution in [3.8, 4) is 11.5 Å². The molecule has 0 atom stereocenters. The molecule has 0 fully saturated rings. The maximum atomic E-state index is 10.6. The van der Waals surface area contributed by atoms with Crippen LogP contribution in [-0.4, -0.2) is 37.4 Å². The standard InChI is InChI=1S/C8H5NO6.3CH3.Sn/c10-8(11)4-1-6-7(15-3-14-6)2-5(4)9(12)13;;;;/h1-2H,3H2,(H,10,11);3*1H3;/q;;;;+1/p-1. The average Bonchev–Trinajstić information content (AvgIpc) is 2.72. The van der Waals surface area contributed by atoms with Crippen LogP contribution < -0.4 is 14.6 Å². The van der Waals surface area contributed by atoms with Crippen molar-refractivity contribution in [1.29, 1.82) is 0 Å². The number of hydrogen-bond donors (Lipinski definition) is 0. The van der Waals surface area contributed by atoms with E-state index < -0.39 is 41.9 Å². The quantitative estimate of drug-likeness (QED) is 0.436. The number of aromatic carboxylic acids is 1. The van der Waals surface area contributed by atoms with Crippen LogP contribution in [-0.2, 0) is 0 Å². The van der Waals surface area contributed by atoms with Crippen molar-refractivity contribution in [3.63, 3.8) is 0 Å². The van der Waals surface area contributed by atoms with Gasteiger partial charge in [-0.25, -0.2) is 0 Å². The number of fused-ring (bicyclic) bond motifs is 1. The van der Waals surface area contributed by atoms with Gasteiger partial charge in [0, 0.05) is 6.07 Å². The Balaban J connectivity index is 0.000000399. The first-order valence-electron chi connectivity index (χ1n) is 5.39. The molecule has 0 unspecified atom stereocenters. The van der Waals surface area contributed by atoms with Crippen LogP contribution in [0.2, 0.25) is 14.8 Å². The molecule has 0 aliphatic carbocycles. The topological polar surface area (TPSA) is 102 Å². The van der Waals surface area contributed by atoms with Gasteiger partial charge in [0.05, 0.1) is 22.5 Å². The number of hydrogen-bond acceptors (Lipinski definition) is 6. The Morgan fingerprint density at radius 1 is 1.26 bits per heavy atom. The van der Waals surface area contributed by atoms with E-state index in [-0.39, 0.29) is 18.3 Å². The molecule has 0 amide bonds. The number of benzene rings is 1. The van der Waals surface area contributed by atoms with Crippen LogP contribution >= 0.6 is 0 Å². The van der Waals surface area contributed by atoms with E-state index in [0.717, 1.165) is 12.1 Å². The van der Waals surface area contributed by atoms with E-state index in [2.05, 4.69) is 14.8 Å². The van der Waals surface area contributed by atoms with E-state index in [4.69, 9.17) is 9.47 Å². The van der Waals surface area contributed by atoms with E-state index in [1.807, 2.05) is 0 Å². The molecule has 0 radical (unpaired) electrons. The molecule has 0 saturated heterocycles. The number of carbonyl (C=O) groups excluding carboxylic acids is 1. The Labute approximate surface area is 117 Å². The molecule has 0 spiro atoms. The normalized spacial score (nSPS) is 11.3. The Bertz CT molecular complexity index is 458. The van der Waals surface area contributed by atoms with E-state index in [1.54, 1.807) is 0 Å². The fourth-order valence-electron chi connectivity index (χ4n) is 1.25. The number of rotatable bonds is 2. The zero-order valence-electron chi connectivity index (χ0n) is 10.8. The van der Waals surface area contributed by atoms with Gasteiger partial charge in [0.1, 0.15) is 0 Å². The zero-order chi connectivity index (χ0) is 14.6. The fourth-order valence-corrected chi connectivity index (χ4v) is 1.25. The third kappa shape index (κ3) is 4.26. The van der Waals surface area contributed by atoms with Gasteiger partial charge >= 0.3 is 34.6 Å². The average molecular weight is 374 g/mol. The number of nitrogens with zero attached hydrogens (tertiary/aromatic N) is 1. The van der Waals surface area contributed by atoms with Crippen molar-refractivity contribution >= 4 is 31.4 Å². The molecule has 1 aromatic rings. The summed E-state index contributed by atoms with van der Waals surface area (Å²) in [5.74, 6) is -1.30. The molecule has 1 aliphatic heterocycles. The molecule has 1 heterocycles. The van der Waals surface area contributed by atoms with Gasteiger partial charge < -0.3 is 19.4 Å². The second-order valence-electron chi connectivity index (χ2n) is 4.27. The molecule has 19 heavy (non-hydrogen) atoms. The summed E-state index contributed by atoms with van der Waals surface area (Å²) in [6, 6.07) is 2.03. The summed E-state index contributed by atoms with van der Waals surface area (Å²) in [6.07, 6.45) is 0. The summed E-state index contributed by atoms with van der Waals surface area (Å²) in [5, 5.41) is 21.2. The summed E-state index contributed by atoms with van der Waals surface area (Å²) in [4.78, 5) is 27.4. The van der Waals surface area contributed by atoms with E-state index >= 15 is 0 Å². The van der Waals surface area contributed by atoms with Crippen molar-refractivity contribution in [3.05, 3.63) is 27.8 Å². The van der Waals surface area contributed by atoms with Crippen LogP contribution in [0.4, 0.5) is 5.69 Å². The first-order chi connectivity index (χ1) is 8.82. The predicted molar refractivity (Wildman–Crippen MR) is 66.9 cm³/mol. The van der Waals surface area contributed by atoms with Crippen molar-refractivity contribution in [2.24, 2.45) is 0 Å². The van der Waals surface area contributed by atoms with Gasteiger partial charge in [0.15, 0.2) is 11.5 Å². The molecular weight excluding hydrogens is 361 g/mol. The SMILES string of the molecule is O=C([O-])c1cc2c(cc1[N+](=O)[O-])OCO2.[CH3][Sn+]([CH3])[CH3]. The molecule has 1 aliphatic rings. The third-order valence-corrected chi connectivity index (χ3v) is 1.91. The molecule has 0 N–H and O–H groups in total. The number of carboxylic acid groups (broad SMARTS) is 1.